The predicted octanol–water partition coefficient (Wildman–Crippen LogP) is 3.22. The fourth-order valence-electron chi connectivity index (χ4n) is 5.30. The minimum absolute atomic E-state index is 0.282. The number of piperazine rings is 1. The van der Waals surface area contributed by atoms with Gasteiger partial charge in [0.1, 0.15) is 12.5 Å². The number of benzene rings is 1. The Bertz CT molecular complexity index is 1050. The number of fused-ring (bicyclic) bond motifs is 5. The van der Waals surface area contributed by atoms with Crippen LogP contribution in [0.5, 0.6) is 0 Å². The Morgan fingerprint density at radius 2 is 2.07 bits per heavy atom. The SMILES string of the molecule is CN1CCN(CCc2cccc3c2-n2cc(Br)c4c2C(CC=C4)C2=NNCN23)CC1. The molecular weight excluding hydrogens is 440 g/mol. The lowest BCUT2D eigenvalue weighted by atomic mass is 9.91. The van der Waals surface area contributed by atoms with Crippen LogP contribution in [0.25, 0.3) is 11.8 Å². The maximum Gasteiger partial charge on any atom is 0.140 e. The summed E-state index contributed by atoms with van der Waals surface area (Å²) in [4.78, 5) is 7.40. The van der Waals surface area contributed by atoms with E-state index in [0.29, 0.717) is 0 Å². The maximum atomic E-state index is 4.73. The van der Waals surface area contributed by atoms with Crippen molar-refractivity contribution < 1.29 is 0 Å². The summed E-state index contributed by atoms with van der Waals surface area (Å²) >= 11 is 3.83. The smallest absolute Gasteiger partial charge is 0.140 e. The molecule has 3 aliphatic heterocycles. The van der Waals surface area contributed by atoms with Crippen molar-refractivity contribution in [3.8, 4) is 5.69 Å². The van der Waals surface area contributed by atoms with Crippen molar-refractivity contribution in [2.24, 2.45) is 5.10 Å². The Labute approximate surface area is 186 Å². The molecule has 4 heterocycles. The molecule has 6 rings (SSSR count). The van der Waals surface area contributed by atoms with Crippen LogP contribution in [-0.4, -0.2) is 66.6 Å². The second-order valence-corrected chi connectivity index (χ2v) is 9.58. The first-order valence-corrected chi connectivity index (χ1v) is 11.7. The van der Waals surface area contributed by atoms with Crippen LogP contribution in [0.4, 0.5) is 5.69 Å². The monoisotopic (exact) mass is 466 g/mol. The van der Waals surface area contributed by atoms with Crippen molar-refractivity contribution in [2.45, 2.75) is 18.8 Å². The molecule has 30 heavy (non-hydrogen) atoms. The van der Waals surface area contributed by atoms with E-state index in [-0.39, 0.29) is 5.92 Å². The van der Waals surface area contributed by atoms with Gasteiger partial charge in [0.15, 0.2) is 0 Å². The summed E-state index contributed by atoms with van der Waals surface area (Å²) in [5.74, 6) is 1.42. The summed E-state index contributed by atoms with van der Waals surface area (Å²) in [5.41, 5.74) is 9.89. The molecule has 1 atom stereocenters. The van der Waals surface area contributed by atoms with Crippen molar-refractivity contribution in [3.63, 3.8) is 0 Å². The van der Waals surface area contributed by atoms with Gasteiger partial charge in [-0.3, -0.25) is 5.43 Å². The molecule has 1 aromatic heterocycles. The van der Waals surface area contributed by atoms with Crippen LogP contribution in [-0.2, 0) is 6.42 Å². The van der Waals surface area contributed by atoms with Gasteiger partial charge in [-0.25, -0.2) is 0 Å². The van der Waals surface area contributed by atoms with Gasteiger partial charge in [-0.05, 0) is 47.4 Å². The Morgan fingerprint density at radius 1 is 1.20 bits per heavy atom. The molecule has 1 saturated heterocycles. The van der Waals surface area contributed by atoms with Crippen LogP contribution in [0, 0.1) is 0 Å². The second kappa shape index (κ2) is 7.25. The molecular formula is C23H27BrN6. The zero-order valence-electron chi connectivity index (χ0n) is 17.3. The van der Waals surface area contributed by atoms with Gasteiger partial charge in [0.2, 0.25) is 0 Å². The van der Waals surface area contributed by atoms with E-state index in [1.165, 1.54) is 32.7 Å². The molecule has 1 aromatic carbocycles. The first-order chi connectivity index (χ1) is 14.7. The van der Waals surface area contributed by atoms with Gasteiger partial charge >= 0.3 is 0 Å². The summed E-state index contributed by atoms with van der Waals surface area (Å²) < 4.78 is 3.61. The van der Waals surface area contributed by atoms with Crippen LogP contribution in [0.1, 0.15) is 29.2 Å². The first-order valence-electron chi connectivity index (χ1n) is 10.9. The van der Waals surface area contributed by atoms with Crippen molar-refractivity contribution in [2.75, 3.05) is 51.3 Å². The molecule has 6 nitrogen and oxygen atoms in total. The first kappa shape index (κ1) is 18.7. The molecule has 1 aliphatic carbocycles. The van der Waals surface area contributed by atoms with Gasteiger partial charge in [0, 0.05) is 54.7 Å². The number of halogens is 1. The molecule has 0 saturated carbocycles. The molecule has 2 aromatic rings. The van der Waals surface area contributed by atoms with Crippen molar-refractivity contribution in [1.82, 2.24) is 19.8 Å². The normalized spacial score (nSPS) is 22.8. The number of para-hydroxylation sites is 1. The largest absolute Gasteiger partial charge is 0.316 e. The number of hydrazone groups is 1. The quantitative estimate of drug-likeness (QED) is 0.753. The van der Waals surface area contributed by atoms with E-state index in [9.17, 15) is 0 Å². The Hall–Kier alpha value is -2.09. The summed E-state index contributed by atoms with van der Waals surface area (Å²) in [6, 6.07) is 6.78. The number of hydrogen-bond donors (Lipinski definition) is 1. The number of nitrogens with zero attached hydrogens (tertiary/aromatic N) is 5. The highest BCUT2D eigenvalue weighted by molar-refractivity contribution is 9.10. The third kappa shape index (κ3) is 2.87. The van der Waals surface area contributed by atoms with E-state index in [2.05, 4.69) is 84.2 Å². The van der Waals surface area contributed by atoms with E-state index in [4.69, 9.17) is 5.10 Å². The molecule has 1 N–H and O–H groups in total. The third-order valence-corrected chi connectivity index (χ3v) is 7.59. The van der Waals surface area contributed by atoms with E-state index in [1.807, 2.05) is 0 Å². The molecule has 0 radical (unpaired) electrons. The predicted molar refractivity (Wildman–Crippen MR) is 125 cm³/mol. The van der Waals surface area contributed by atoms with Gasteiger partial charge in [-0.15, -0.1) is 0 Å². The van der Waals surface area contributed by atoms with Crippen LogP contribution in [0.3, 0.4) is 0 Å². The van der Waals surface area contributed by atoms with Crippen LogP contribution in [0.15, 0.2) is 40.0 Å². The molecule has 7 heteroatoms. The number of hydrogen-bond acceptors (Lipinski definition) is 5. The Balaban J connectivity index is 1.44. The number of aromatic nitrogens is 1. The van der Waals surface area contributed by atoms with E-state index in [1.54, 1.807) is 0 Å². The highest BCUT2D eigenvalue weighted by Gasteiger charge is 2.38. The van der Waals surface area contributed by atoms with Crippen LogP contribution in [0.2, 0.25) is 0 Å². The number of rotatable bonds is 3. The number of amidine groups is 1. The lowest BCUT2D eigenvalue weighted by Gasteiger charge is -2.32. The summed E-state index contributed by atoms with van der Waals surface area (Å²) in [6.07, 6.45) is 8.86. The summed E-state index contributed by atoms with van der Waals surface area (Å²) in [6.45, 7) is 6.51. The van der Waals surface area contributed by atoms with Crippen molar-refractivity contribution in [1.29, 1.82) is 0 Å². The molecule has 4 aliphatic rings. The van der Waals surface area contributed by atoms with Crippen LogP contribution >= 0.6 is 15.9 Å². The standard InChI is InChI=1S/C23H27BrN6/c1-27-10-12-28(13-11-27)9-8-16-4-2-7-20-21(16)29-14-19(24)17-5-3-6-18(22(17)29)23-26-25-15-30(20)23/h2-5,7,14,18,25H,6,8-13,15H2,1H3. The topological polar surface area (TPSA) is 39.0 Å². The maximum absolute atomic E-state index is 4.73. The lowest BCUT2D eigenvalue weighted by Crippen LogP contribution is -2.45. The third-order valence-electron chi connectivity index (χ3n) is 6.96. The van der Waals surface area contributed by atoms with Gasteiger partial charge in [0.25, 0.3) is 0 Å². The second-order valence-electron chi connectivity index (χ2n) is 8.73. The van der Waals surface area contributed by atoms with E-state index < -0.39 is 0 Å². The van der Waals surface area contributed by atoms with Gasteiger partial charge in [-0.2, -0.15) is 5.10 Å². The minimum Gasteiger partial charge on any atom is -0.316 e. The lowest BCUT2D eigenvalue weighted by molar-refractivity contribution is 0.155. The summed E-state index contributed by atoms with van der Waals surface area (Å²) in [7, 11) is 2.22. The number of likely N-dealkylation sites (N-methyl/N-ethyl adjacent to an activating group) is 1. The average molecular weight is 467 g/mol. The number of anilines is 1. The highest BCUT2D eigenvalue weighted by atomic mass is 79.9. The fourth-order valence-corrected chi connectivity index (χ4v) is 5.84. The average Bonchev–Trinajstić information content (AvgIpc) is 3.35. The van der Waals surface area contributed by atoms with Crippen molar-refractivity contribution >= 4 is 33.5 Å². The zero-order chi connectivity index (χ0) is 20.2. The number of allylic oxidation sites excluding steroid dienone is 1. The highest BCUT2D eigenvalue weighted by Crippen LogP contribution is 2.45. The Morgan fingerprint density at radius 3 is 2.93 bits per heavy atom. The minimum atomic E-state index is 0.282. The molecule has 1 unspecified atom stereocenters. The summed E-state index contributed by atoms with van der Waals surface area (Å²) in [5, 5.41) is 4.73. The fraction of sp³-hybridized carbons (Fsp3) is 0.435. The van der Waals surface area contributed by atoms with Gasteiger partial charge < -0.3 is 19.3 Å². The Kier molecular flexibility index (Phi) is 4.51. The van der Waals surface area contributed by atoms with Crippen molar-refractivity contribution in [3.05, 3.63) is 51.8 Å². The van der Waals surface area contributed by atoms with Gasteiger partial charge in [0.05, 0.1) is 17.3 Å². The molecule has 0 bridgehead atoms. The molecule has 0 amide bonds. The van der Waals surface area contributed by atoms with Crippen LogP contribution < -0.4 is 10.3 Å². The van der Waals surface area contributed by atoms with Gasteiger partial charge in [-0.1, -0.05) is 24.3 Å². The molecule has 1 fully saturated rings. The number of nitrogens with one attached hydrogen (secondary N) is 1. The zero-order valence-corrected chi connectivity index (χ0v) is 18.9. The molecule has 156 valence electrons. The van der Waals surface area contributed by atoms with E-state index >= 15 is 0 Å². The van der Waals surface area contributed by atoms with E-state index in [0.717, 1.165) is 58.1 Å². The molecule has 0 spiro atoms.